The van der Waals surface area contributed by atoms with Gasteiger partial charge in [-0.1, -0.05) is 19.9 Å². The van der Waals surface area contributed by atoms with Gasteiger partial charge in [0.05, 0.1) is 12.9 Å². The predicted molar refractivity (Wildman–Crippen MR) is 72.3 cm³/mol. The summed E-state index contributed by atoms with van der Waals surface area (Å²) >= 11 is 0. The molecule has 0 saturated heterocycles. The zero-order valence-corrected chi connectivity index (χ0v) is 12.1. The summed E-state index contributed by atoms with van der Waals surface area (Å²) < 4.78 is 32.7. The third-order valence-electron chi connectivity index (χ3n) is 2.55. The molecule has 4 nitrogen and oxygen atoms in total. The Morgan fingerprint density at radius 3 is 2.44 bits per heavy atom. The number of hydrogen-bond acceptors (Lipinski definition) is 4. The molecular weight excluding hydrogens is 252 g/mol. The first kappa shape index (κ1) is 14.8. The molecule has 0 bridgehead atoms. The van der Waals surface area contributed by atoms with Crippen molar-refractivity contribution in [2.24, 2.45) is 0 Å². The Morgan fingerprint density at radius 1 is 1.28 bits per heavy atom. The molecule has 102 valence electrons. The summed E-state index contributed by atoms with van der Waals surface area (Å²) in [5, 5.41) is 0. The summed E-state index contributed by atoms with van der Waals surface area (Å²) in [7, 11) is -1.38. The molecule has 0 unspecified atom stereocenters. The van der Waals surface area contributed by atoms with Crippen molar-refractivity contribution in [1.29, 1.82) is 0 Å². The molecule has 1 aromatic rings. The van der Waals surface area contributed by atoms with E-state index in [0.29, 0.717) is 11.7 Å². The molecular formula is C13H20O4S. The molecule has 5 heteroatoms. The van der Waals surface area contributed by atoms with Crippen LogP contribution < -0.4 is 9.47 Å². The molecule has 1 rings (SSSR count). The molecule has 0 fully saturated rings. The molecule has 0 aliphatic heterocycles. The predicted octanol–water partition coefficient (Wildman–Crippen LogP) is 2.24. The Kier molecular flexibility index (Phi) is 5.02. The van der Waals surface area contributed by atoms with Gasteiger partial charge in [-0.2, -0.15) is 0 Å². The van der Waals surface area contributed by atoms with Crippen LogP contribution in [0.2, 0.25) is 0 Å². The van der Waals surface area contributed by atoms with Gasteiger partial charge >= 0.3 is 0 Å². The molecule has 0 atom stereocenters. The van der Waals surface area contributed by atoms with E-state index in [9.17, 15) is 8.42 Å². The number of methoxy groups -OCH3 is 1. The van der Waals surface area contributed by atoms with Gasteiger partial charge < -0.3 is 9.47 Å². The largest absolute Gasteiger partial charge is 0.496 e. The lowest BCUT2D eigenvalue weighted by atomic mass is 10.0. The molecule has 0 aliphatic rings. The Bertz CT molecular complexity index is 492. The highest BCUT2D eigenvalue weighted by Crippen LogP contribution is 2.30. The Balaban J connectivity index is 2.74. The number of hydrogen-bond donors (Lipinski definition) is 0. The van der Waals surface area contributed by atoms with E-state index in [1.807, 2.05) is 12.1 Å². The third kappa shape index (κ3) is 4.56. The van der Waals surface area contributed by atoms with Crippen molar-refractivity contribution < 1.29 is 17.9 Å². The second-order valence-electron chi connectivity index (χ2n) is 4.54. The van der Waals surface area contributed by atoms with Gasteiger partial charge in [0, 0.05) is 12.3 Å². The molecule has 0 spiro atoms. The minimum atomic E-state index is -2.99. The fourth-order valence-corrected chi connectivity index (χ4v) is 1.96. The smallest absolute Gasteiger partial charge is 0.150 e. The van der Waals surface area contributed by atoms with Crippen LogP contribution in [0.25, 0.3) is 0 Å². The van der Waals surface area contributed by atoms with Crippen molar-refractivity contribution >= 4 is 9.84 Å². The second-order valence-corrected chi connectivity index (χ2v) is 6.80. The lowest BCUT2D eigenvalue weighted by Crippen LogP contribution is -2.12. The van der Waals surface area contributed by atoms with E-state index in [0.717, 1.165) is 11.3 Å². The first-order valence-corrected chi connectivity index (χ1v) is 7.88. The van der Waals surface area contributed by atoms with Crippen LogP contribution in [-0.4, -0.2) is 34.1 Å². The lowest BCUT2D eigenvalue weighted by molar-refractivity contribution is 0.336. The van der Waals surface area contributed by atoms with Crippen LogP contribution in [0.1, 0.15) is 25.3 Å². The van der Waals surface area contributed by atoms with Gasteiger partial charge in [0.1, 0.15) is 18.1 Å². The standard InChI is InChI=1S/C13H20O4S/c1-10(2)12-6-5-11(9-13(12)16-3)17-7-8-18(4,14)15/h5-6,9-10H,7-8H2,1-4H3. The molecule has 0 aromatic heterocycles. The normalized spacial score (nSPS) is 11.6. The van der Waals surface area contributed by atoms with Gasteiger partial charge in [-0.05, 0) is 17.5 Å². The fourth-order valence-electron chi connectivity index (χ4n) is 1.57. The number of rotatable bonds is 6. The molecule has 0 amide bonds. The molecule has 0 radical (unpaired) electrons. The van der Waals surface area contributed by atoms with E-state index in [1.165, 1.54) is 6.26 Å². The summed E-state index contributed by atoms with van der Waals surface area (Å²) in [6, 6.07) is 5.57. The highest BCUT2D eigenvalue weighted by molar-refractivity contribution is 7.90. The average molecular weight is 272 g/mol. The van der Waals surface area contributed by atoms with Crippen molar-refractivity contribution in [2.75, 3.05) is 25.7 Å². The van der Waals surface area contributed by atoms with Crippen LogP contribution in [0.3, 0.4) is 0 Å². The molecule has 0 saturated carbocycles. The Hall–Kier alpha value is -1.23. The van der Waals surface area contributed by atoms with Crippen LogP contribution in [0.5, 0.6) is 11.5 Å². The fraction of sp³-hybridized carbons (Fsp3) is 0.538. The Labute approximate surface area is 109 Å². The number of sulfone groups is 1. The van der Waals surface area contributed by atoms with Gasteiger partial charge in [-0.25, -0.2) is 8.42 Å². The summed E-state index contributed by atoms with van der Waals surface area (Å²) in [5.74, 6) is 1.77. The topological polar surface area (TPSA) is 52.6 Å². The monoisotopic (exact) mass is 272 g/mol. The zero-order chi connectivity index (χ0) is 13.8. The zero-order valence-electron chi connectivity index (χ0n) is 11.3. The van der Waals surface area contributed by atoms with Crippen molar-refractivity contribution in [2.45, 2.75) is 19.8 Å². The number of ether oxygens (including phenoxy) is 2. The maximum Gasteiger partial charge on any atom is 0.150 e. The summed E-state index contributed by atoms with van der Waals surface area (Å²) in [6.07, 6.45) is 1.19. The highest BCUT2D eigenvalue weighted by Gasteiger charge is 2.09. The molecule has 18 heavy (non-hydrogen) atoms. The second kappa shape index (κ2) is 6.09. The summed E-state index contributed by atoms with van der Waals surface area (Å²) in [5.41, 5.74) is 1.10. The van der Waals surface area contributed by atoms with Crippen molar-refractivity contribution in [3.63, 3.8) is 0 Å². The first-order chi connectivity index (χ1) is 8.33. The van der Waals surface area contributed by atoms with Gasteiger partial charge in [0.15, 0.2) is 9.84 Å². The van der Waals surface area contributed by atoms with E-state index >= 15 is 0 Å². The van der Waals surface area contributed by atoms with Crippen LogP contribution >= 0.6 is 0 Å². The highest BCUT2D eigenvalue weighted by atomic mass is 32.2. The van der Waals surface area contributed by atoms with E-state index in [-0.39, 0.29) is 12.4 Å². The Morgan fingerprint density at radius 2 is 1.94 bits per heavy atom. The third-order valence-corrected chi connectivity index (χ3v) is 3.46. The average Bonchev–Trinajstić information content (AvgIpc) is 2.26. The van der Waals surface area contributed by atoms with Crippen molar-refractivity contribution in [3.8, 4) is 11.5 Å². The van der Waals surface area contributed by atoms with Gasteiger partial charge in [0.2, 0.25) is 0 Å². The number of benzene rings is 1. The van der Waals surface area contributed by atoms with Crippen LogP contribution in [0.4, 0.5) is 0 Å². The van der Waals surface area contributed by atoms with E-state index < -0.39 is 9.84 Å². The lowest BCUT2D eigenvalue weighted by Gasteiger charge is -2.13. The summed E-state index contributed by atoms with van der Waals surface area (Å²) in [6.45, 7) is 4.33. The van der Waals surface area contributed by atoms with Crippen LogP contribution in [0, 0.1) is 0 Å². The minimum Gasteiger partial charge on any atom is -0.496 e. The van der Waals surface area contributed by atoms with Crippen molar-refractivity contribution in [3.05, 3.63) is 23.8 Å². The van der Waals surface area contributed by atoms with Gasteiger partial charge in [0.25, 0.3) is 0 Å². The SMILES string of the molecule is COc1cc(OCCS(C)(=O)=O)ccc1C(C)C. The maximum atomic E-state index is 11.0. The maximum absolute atomic E-state index is 11.0. The molecule has 0 heterocycles. The van der Waals surface area contributed by atoms with Gasteiger partial charge in [-0.3, -0.25) is 0 Å². The minimum absolute atomic E-state index is 0.0151. The van der Waals surface area contributed by atoms with E-state index in [2.05, 4.69) is 13.8 Å². The van der Waals surface area contributed by atoms with Crippen molar-refractivity contribution in [1.82, 2.24) is 0 Å². The molecule has 1 aromatic carbocycles. The van der Waals surface area contributed by atoms with Crippen LogP contribution in [0.15, 0.2) is 18.2 Å². The van der Waals surface area contributed by atoms with Gasteiger partial charge in [-0.15, -0.1) is 0 Å². The van der Waals surface area contributed by atoms with E-state index in [1.54, 1.807) is 13.2 Å². The molecule has 0 aliphatic carbocycles. The van der Waals surface area contributed by atoms with Crippen LogP contribution in [-0.2, 0) is 9.84 Å². The first-order valence-electron chi connectivity index (χ1n) is 5.82. The summed E-state index contributed by atoms with van der Waals surface area (Å²) in [4.78, 5) is 0. The quantitative estimate of drug-likeness (QED) is 0.797. The molecule has 0 N–H and O–H groups in total. The van der Waals surface area contributed by atoms with E-state index in [4.69, 9.17) is 9.47 Å².